The van der Waals surface area contributed by atoms with Gasteiger partial charge in [0, 0.05) is 66.0 Å². The van der Waals surface area contributed by atoms with Gasteiger partial charge in [-0.2, -0.15) is 23.7 Å². The third kappa shape index (κ3) is 11.6. The van der Waals surface area contributed by atoms with E-state index in [-0.39, 0.29) is 30.3 Å². The van der Waals surface area contributed by atoms with Gasteiger partial charge in [-0.1, -0.05) is 37.4 Å². The molecule has 10 nitrogen and oxygen atoms in total. The number of carbonyl (C=O) groups is 1. The van der Waals surface area contributed by atoms with Crippen LogP contribution in [0.5, 0.6) is 17.2 Å². The van der Waals surface area contributed by atoms with Crippen LogP contribution in [-0.4, -0.2) is 36.9 Å². The lowest BCUT2D eigenvalue weighted by Gasteiger charge is -2.24. The maximum atomic E-state index is 12.7. The van der Waals surface area contributed by atoms with Crippen molar-refractivity contribution in [2.45, 2.75) is 83.2 Å². The first-order valence-corrected chi connectivity index (χ1v) is 20.5. The van der Waals surface area contributed by atoms with Crippen LogP contribution < -0.4 is 30.2 Å². The van der Waals surface area contributed by atoms with E-state index in [4.69, 9.17) is 14.7 Å². The van der Waals surface area contributed by atoms with E-state index < -0.39 is 18.8 Å². The van der Waals surface area contributed by atoms with Crippen LogP contribution >= 0.6 is 0 Å². The van der Waals surface area contributed by atoms with E-state index >= 15 is 0 Å². The Balaban J connectivity index is 0.000000214. The number of benzene rings is 4. The Morgan fingerprint density at radius 2 is 1.41 bits per heavy atom. The number of hydrogen-bond acceptors (Lipinski definition) is 9. The highest BCUT2D eigenvalue weighted by atomic mass is 19.4. The molecular formula is C48H45F6N5O5. The number of amides is 1. The van der Waals surface area contributed by atoms with E-state index in [9.17, 15) is 41.5 Å². The predicted octanol–water partition coefficient (Wildman–Crippen LogP) is 10.3. The van der Waals surface area contributed by atoms with Crippen molar-refractivity contribution in [2.75, 3.05) is 18.5 Å². The summed E-state index contributed by atoms with van der Waals surface area (Å²) in [5.41, 5.74) is 10.1. The van der Waals surface area contributed by atoms with Crippen molar-refractivity contribution in [3.8, 4) is 51.6 Å². The lowest BCUT2D eigenvalue weighted by Crippen LogP contribution is -2.21. The number of carbonyl (C=O) groups excluding carboxylic acids is 1. The first-order valence-electron chi connectivity index (χ1n) is 20.5. The third-order valence-corrected chi connectivity index (χ3v) is 10.9. The number of ether oxygens (including phenoxy) is 3. The topological polar surface area (TPSA) is 149 Å². The van der Waals surface area contributed by atoms with E-state index in [0.29, 0.717) is 79.2 Å². The fraction of sp³-hybridized carbons (Fsp3) is 0.312. The van der Waals surface area contributed by atoms with Gasteiger partial charge in [0.15, 0.2) is 0 Å². The van der Waals surface area contributed by atoms with Gasteiger partial charge in [0.1, 0.15) is 17.2 Å². The van der Waals surface area contributed by atoms with Crippen molar-refractivity contribution in [3.05, 3.63) is 131 Å². The first-order chi connectivity index (χ1) is 30.6. The van der Waals surface area contributed by atoms with Crippen LogP contribution in [0.25, 0.3) is 22.3 Å². The number of anilines is 1. The van der Waals surface area contributed by atoms with Crippen molar-refractivity contribution >= 4 is 11.6 Å². The lowest BCUT2D eigenvalue weighted by molar-refractivity contribution is -0.274. The molecule has 16 heteroatoms. The highest BCUT2D eigenvalue weighted by Gasteiger charge is 2.32. The summed E-state index contributed by atoms with van der Waals surface area (Å²) in [4.78, 5) is 11.6. The number of nitrogens with zero attached hydrogens (tertiary/aromatic N) is 2. The summed E-state index contributed by atoms with van der Waals surface area (Å²) in [5.74, 6) is 0.626. The SMILES string of the molecule is C=CC(=O)NCc1cc(-c2ccc(OC(F)(F)F)cc2)c2c(c1CCC#N)CCO2.C=CC(NCc1cc(-c2ccc(NC(F)(F)F)cc2)c2c(c1C(O)CC#N)CCO2)=C1CCC1. The van der Waals surface area contributed by atoms with Crippen molar-refractivity contribution in [1.29, 1.82) is 10.5 Å². The summed E-state index contributed by atoms with van der Waals surface area (Å²) in [5, 5.41) is 36.7. The van der Waals surface area contributed by atoms with Crippen molar-refractivity contribution in [1.82, 2.24) is 10.6 Å². The summed E-state index contributed by atoms with van der Waals surface area (Å²) < 4.78 is 90.8. The summed E-state index contributed by atoms with van der Waals surface area (Å²) in [7, 11) is 0. The van der Waals surface area contributed by atoms with Crippen LogP contribution in [0, 0.1) is 22.7 Å². The van der Waals surface area contributed by atoms with Gasteiger partial charge < -0.3 is 30.0 Å². The number of nitrogens with one attached hydrogen (secondary N) is 3. The standard InChI is InChI=1S/C26H26F3N3O2.C22H19F3N2O3/c1-2-22(17-4-3-5-17)31-15-18-14-21(16-6-8-19(9-7-16)32-26(27,28)29)25-20(11-13-34-25)24(18)23(33)10-12-30;1-2-20(28)27-13-15-12-19(14-5-7-16(8-6-14)30-22(23,24)25)21-18(9-11-29-21)17(15)4-3-10-26/h2,6-9,14,23,31-33H,1,3-5,10-11,13,15H2;2,5-8,12H,1,3-4,9,11,13H2,(H,27,28). The van der Waals surface area contributed by atoms with E-state index in [0.717, 1.165) is 58.3 Å². The van der Waals surface area contributed by atoms with E-state index in [1.165, 1.54) is 53.4 Å². The van der Waals surface area contributed by atoms with Crippen LogP contribution in [0.3, 0.4) is 0 Å². The zero-order chi connectivity index (χ0) is 46.0. The van der Waals surface area contributed by atoms with Crippen LogP contribution in [-0.2, 0) is 37.1 Å². The molecule has 0 aromatic heterocycles. The Hall–Kier alpha value is -6.91. The van der Waals surface area contributed by atoms with Crippen LogP contribution in [0.1, 0.15) is 71.6 Å². The van der Waals surface area contributed by atoms with Gasteiger partial charge in [-0.05, 0) is 113 Å². The van der Waals surface area contributed by atoms with Crippen molar-refractivity contribution in [3.63, 3.8) is 0 Å². The number of rotatable bonds is 15. The third-order valence-electron chi connectivity index (χ3n) is 10.9. The average Bonchev–Trinajstić information content (AvgIpc) is 3.93. The molecule has 1 atom stereocenters. The molecule has 0 spiro atoms. The number of allylic oxidation sites excluding steroid dienone is 2. The Morgan fingerprint density at radius 3 is 1.95 bits per heavy atom. The molecule has 1 amide bonds. The minimum absolute atomic E-state index is 0.0496. The normalized spacial score (nSPS) is 14.0. The monoisotopic (exact) mass is 885 g/mol. The molecule has 1 aliphatic carbocycles. The molecule has 4 aromatic rings. The molecule has 7 rings (SSSR count). The molecule has 2 heterocycles. The maximum Gasteiger partial charge on any atom is 0.573 e. The van der Waals surface area contributed by atoms with E-state index in [1.807, 2.05) is 18.2 Å². The summed E-state index contributed by atoms with van der Waals surface area (Å²) in [6, 6.07) is 19.4. The summed E-state index contributed by atoms with van der Waals surface area (Å²) >= 11 is 0. The molecule has 334 valence electrons. The second-order valence-electron chi connectivity index (χ2n) is 15.0. The number of aliphatic hydroxyl groups excluding tert-OH is 1. The molecule has 1 saturated carbocycles. The lowest BCUT2D eigenvalue weighted by atomic mass is 9.88. The number of halogens is 6. The maximum absolute atomic E-state index is 12.7. The Morgan fingerprint density at radius 1 is 0.812 bits per heavy atom. The number of alkyl halides is 6. The summed E-state index contributed by atoms with van der Waals surface area (Å²) in [6.45, 7) is 8.89. The van der Waals surface area contributed by atoms with E-state index in [1.54, 1.807) is 18.2 Å². The Kier molecular flexibility index (Phi) is 14.9. The fourth-order valence-electron chi connectivity index (χ4n) is 7.94. The molecule has 64 heavy (non-hydrogen) atoms. The highest BCUT2D eigenvalue weighted by molar-refractivity contribution is 5.87. The number of fused-ring (bicyclic) bond motifs is 2. The zero-order valence-electron chi connectivity index (χ0n) is 34.6. The number of nitriles is 2. The Labute approximate surface area is 366 Å². The highest BCUT2D eigenvalue weighted by Crippen LogP contribution is 2.45. The second kappa shape index (κ2) is 20.5. The minimum Gasteiger partial charge on any atom is -0.492 e. The van der Waals surface area contributed by atoms with E-state index in [2.05, 4.69) is 34.6 Å². The van der Waals surface area contributed by atoms with Crippen LogP contribution in [0.15, 0.2) is 97.2 Å². The van der Waals surface area contributed by atoms with Gasteiger partial charge in [-0.3, -0.25) is 10.1 Å². The Bertz CT molecular complexity index is 2480. The molecule has 4 aromatic carbocycles. The quantitative estimate of drug-likeness (QED) is 0.0520. The van der Waals surface area contributed by atoms with Crippen LogP contribution in [0.2, 0.25) is 0 Å². The number of aliphatic hydroxyl groups is 1. The predicted molar refractivity (Wildman–Crippen MR) is 228 cm³/mol. The first kappa shape index (κ1) is 46.6. The van der Waals surface area contributed by atoms with Gasteiger partial charge in [0.2, 0.25) is 5.91 Å². The summed E-state index contributed by atoms with van der Waals surface area (Å²) in [6.07, 6.45) is -2.04. The molecule has 0 saturated heterocycles. The largest absolute Gasteiger partial charge is 0.573 e. The molecule has 2 aliphatic heterocycles. The number of hydrogen-bond donors (Lipinski definition) is 4. The van der Waals surface area contributed by atoms with Gasteiger partial charge in [0.05, 0.1) is 37.9 Å². The van der Waals surface area contributed by atoms with Gasteiger partial charge in [-0.15, -0.1) is 13.2 Å². The van der Waals surface area contributed by atoms with Gasteiger partial charge in [-0.25, -0.2) is 0 Å². The molecule has 1 unspecified atom stereocenters. The average molecular weight is 886 g/mol. The molecule has 0 bridgehead atoms. The molecule has 1 fully saturated rings. The fourth-order valence-corrected chi connectivity index (χ4v) is 7.94. The molecule has 4 N–H and O–H groups in total. The zero-order valence-corrected chi connectivity index (χ0v) is 34.6. The van der Waals surface area contributed by atoms with Crippen molar-refractivity contribution < 1.29 is 50.5 Å². The van der Waals surface area contributed by atoms with Gasteiger partial charge in [0.25, 0.3) is 0 Å². The molecule has 3 aliphatic rings. The van der Waals surface area contributed by atoms with Crippen molar-refractivity contribution in [2.24, 2.45) is 0 Å². The van der Waals surface area contributed by atoms with Gasteiger partial charge >= 0.3 is 12.7 Å². The molecular weight excluding hydrogens is 841 g/mol. The molecule has 0 radical (unpaired) electrons. The smallest absolute Gasteiger partial charge is 0.492 e. The minimum atomic E-state index is -4.76. The van der Waals surface area contributed by atoms with Crippen LogP contribution in [0.4, 0.5) is 32.0 Å². The second-order valence-corrected chi connectivity index (χ2v) is 15.0.